The van der Waals surface area contributed by atoms with Gasteiger partial charge in [0.1, 0.15) is 0 Å². The number of fused-ring (bicyclic) bond motifs is 1. The SMILES string of the molecule is CS(=O)(=O)c1nc(N)n2nc(-c3cccc(Cl)c3Br)nc2n1. The molecule has 0 aliphatic carbocycles. The highest BCUT2D eigenvalue weighted by Gasteiger charge is 2.18. The van der Waals surface area contributed by atoms with Crippen LogP contribution in [0, 0.1) is 0 Å². The molecule has 3 rings (SSSR count). The van der Waals surface area contributed by atoms with Crippen LogP contribution in [0.4, 0.5) is 5.95 Å². The molecule has 0 atom stereocenters. The number of anilines is 1. The first kappa shape index (κ1) is 15.1. The number of hydrogen-bond donors (Lipinski definition) is 1. The van der Waals surface area contributed by atoms with Crippen molar-refractivity contribution in [1.29, 1.82) is 0 Å². The van der Waals surface area contributed by atoms with Gasteiger partial charge in [0.05, 0.1) is 5.02 Å². The molecule has 0 spiro atoms. The van der Waals surface area contributed by atoms with Crippen molar-refractivity contribution in [3.63, 3.8) is 0 Å². The zero-order valence-corrected chi connectivity index (χ0v) is 14.2. The number of rotatable bonds is 2. The summed E-state index contributed by atoms with van der Waals surface area (Å²) < 4.78 is 24.9. The maximum Gasteiger partial charge on any atom is 0.258 e. The van der Waals surface area contributed by atoms with E-state index in [0.717, 1.165) is 10.8 Å². The van der Waals surface area contributed by atoms with Gasteiger partial charge in [0.15, 0.2) is 5.82 Å². The molecule has 8 nitrogen and oxygen atoms in total. The van der Waals surface area contributed by atoms with Gasteiger partial charge < -0.3 is 5.73 Å². The quantitative estimate of drug-likeness (QED) is 0.690. The van der Waals surface area contributed by atoms with E-state index in [2.05, 4.69) is 36.0 Å². The Bertz CT molecular complexity index is 1000. The molecule has 0 amide bonds. The summed E-state index contributed by atoms with van der Waals surface area (Å²) in [6.07, 6.45) is 0.989. The monoisotopic (exact) mass is 402 g/mol. The lowest BCUT2D eigenvalue weighted by Crippen LogP contribution is -2.11. The first-order valence-electron chi connectivity index (χ1n) is 5.82. The molecular weight excluding hydrogens is 396 g/mol. The Labute approximate surface area is 138 Å². The first-order chi connectivity index (χ1) is 10.3. The largest absolute Gasteiger partial charge is 0.368 e. The van der Waals surface area contributed by atoms with Crippen molar-refractivity contribution < 1.29 is 8.42 Å². The van der Waals surface area contributed by atoms with Gasteiger partial charge in [0, 0.05) is 16.3 Å². The fourth-order valence-corrected chi connectivity index (χ4v) is 2.87. The second-order valence-electron chi connectivity index (χ2n) is 4.39. The smallest absolute Gasteiger partial charge is 0.258 e. The first-order valence-corrected chi connectivity index (χ1v) is 8.88. The average Bonchev–Trinajstić information content (AvgIpc) is 2.85. The summed E-state index contributed by atoms with van der Waals surface area (Å²) in [5.74, 6) is 0.207. The van der Waals surface area contributed by atoms with Gasteiger partial charge >= 0.3 is 0 Å². The van der Waals surface area contributed by atoms with Crippen molar-refractivity contribution in [2.75, 3.05) is 12.0 Å². The molecule has 0 saturated heterocycles. The number of nitrogens with two attached hydrogens (primary N) is 1. The Balaban J connectivity index is 2.26. The van der Waals surface area contributed by atoms with Gasteiger partial charge in [0.25, 0.3) is 10.9 Å². The fourth-order valence-electron chi connectivity index (χ4n) is 1.74. The second kappa shape index (κ2) is 5.14. The van der Waals surface area contributed by atoms with E-state index < -0.39 is 15.0 Å². The Kier molecular flexibility index (Phi) is 3.54. The van der Waals surface area contributed by atoms with Crippen LogP contribution in [0.5, 0.6) is 0 Å². The standard InChI is InChI=1S/C11H8BrClN6O2S/c1-22(20,21)11-16-9(14)19-10(17-11)15-8(18-19)5-3-2-4-6(13)7(5)12/h2-4H,1H3,(H2,14,15,16,17,18). The van der Waals surface area contributed by atoms with Crippen LogP contribution in [0.25, 0.3) is 17.2 Å². The molecule has 11 heteroatoms. The lowest BCUT2D eigenvalue weighted by Gasteiger charge is -2.00. The summed E-state index contributed by atoms with van der Waals surface area (Å²) in [7, 11) is -3.60. The Morgan fingerprint density at radius 3 is 2.68 bits per heavy atom. The van der Waals surface area contributed by atoms with Crippen molar-refractivity contribution in [1.82, 2.24) is 24.6 Å². The molecule has 22 heavy (non-hydrogen) atoms. The van der Waals surface area contributed by atoms with E-state index in [1.165, 1.54) is 0 Å². The van der Waals surface area contributed by atoms with Crippen LogP contribution in [0.3, 0.4) is 0 Å². The molecule has 0 aliphatic heterocycles. The number of sulfone groups is 1. The second-order valence-corrected chi connectivity index (χ2v) is 7.49. The lowest BCUT2D eigenvalue weighted by molar-refractivity contribution is 0.592. The molecule has 0 bridgehead atoms. The van der Waals surface area contributed by atoms with Crippen molar-refractivity contribution in [2.24, 2.45) is 0 Å². The molecule has 2 N–H and O–H groups in total. The maximum atomic E-state index is 11.5. The number of halogens is 2. The predicted molar refractivity (Wildman–Crippen MR) is 84.2 cm³/mol. The van der Waals surface area contributed by atoms with E-state index in [1.54, 1.807) is 18.2 Å². The van der Waals surface area contributed by atoms with Crippen molar-refractivity contribution in [3.8, 4) is 11.4 Å². The molecule has 0 fully saturated rings. The van der Waals surface area contributed by atoms with E-state index >= 15 is 0 Å². The van der Waals surface area contributed by atoms with Gasteiger partial charge in [0.2, 0.25) is 15.8 Å². The molecule has 114 valence electrons. The summed E-state index contributed by atoms with van der Waals surface area (Å²) in [5.41, 5.74) is 6.34. The van der Waals surface area contributed by atoms with Crippen LogP contribution in [-0.4, -0.2) is 39.2 Å². The van der Waals surface area contributed by atoms with Crippen molar-refractivity contribution >= 4 is 49.1 Å². The number of nitrogen functional groups attached to an aromatic ring is 1. The van der Waals surface area contributed by atoms with Gasteiger partial charge in [-0.3, -0.25) is 0 Å². The van der Waals surface area contributed by atoms with E-state index in [9.17, 15) is 8.42 Å². The van der Waals surface area contributed by atoms with E-state index in [0.29, 0.717) is 20.9 Å². The van der Waals surface area contributed by atoms with Gasteiger partial charge in [-0.05, 0) is 28.1 Å². The molecule has 2 aromatic heterocycles. The third kappa shape index (κ3) is 2.53. The molecule has 3 aromatic rings. The lowest BCUT2D eigenvalue weighted by atomic mass is 10.2. The number of hydrogen-bond acceptors (Lipinski definition) is 7. The Morgan fingerprint density at radius 2 is 2.00 bits per heavy atom. The van der Waals surface area contributed by atoms with Crippen LogP contribution in [0.15, 0.2) is 27.8 Å². The highest BCUT2D eigenvalue weighted by Crippen LogP contribution is 2.32. The maximum absolute atomic E-state index is 11.5. The summed E-state index contributed by atoms with van der Waals surface area (Å²) in [4.78, 5) is 11.8. The molecule has 2 heterocycles. The third-order valence-electron chi connectivity index (χ3n) is 2.74. The van der Waals surface area contributed by atoms with E-state index in [1.807, 2.05) is 0 Å². The summed E-state index contributed by atoms with van der Waals surface area (Å²) in [6, 6.07) is 5.21. The van der Waals surface area contributed by atoms with Crippen molar-refractivity contribution in [2.45, 2.75) is 5.16 Å². The average molecular weight is 404 g/mol. The number of benzene rings is 1. The Morgan fingerprint density at radius 1 is 1.27 bits per heavy atom. The third-order valence-corrected chi connectivity index (χ3v) is 4.98. The number of aromatic nitrogens is 5. The van der Waals surface area contributed by atoms with Crippen LogP contribution in [0.1, 0.15) is 0 Å². The summed E-state index contributed by atoms with van der Waals surface area (Å²) in [5, 5.41) is 4.27. The zero-order valence-electron chi connectivity index (χ0n) is 11.0. The summed E-state index contributed by atoms with van der Waals surface area (Å²) in [6.45, 7) is 0. The molecule has 1 aromatic carbocycles. The molecular formula is C11H8BrClN6O2S. The highest BCUT2D eigenvalue weighted by atomic mass is 79.9. The predicted octanol–water partition coefficient (Wildman–Crippen LogP) is 1.59. The van der Waals surface area contributed by atoms with Gasteiger partial charge in [-0.1, -0.05) is 17.7 Å². The number of nitrogens with zero attached hydrogens (tertiary/aromatic N) is 5. The zero-order chi connectivity index (χ0) is 16.1. The fraction of sp³-hybridized carbons (Fsp3) is 0.0909. The minimum absolute atomic E-state index is 0.0369. The molecule has 0 radical (unpaired) electrons. The normalized spacial score (nSPS) is 12.0. The van der Waals surface area contributed by atoms with Gasteiger partial charge in [-0.15, -0.1) is 5.10 Å². The Hall–Kier alpha value is -1.78. The van der Waals surface area contributed by atoms with Crippen LogP contribution >= 0.6 is 27.5 Å². The highest BCUT2D eigenvalue weighted by molar-refractivity contribution is 9.10. The topological polar surface area (TPSA) is 116 Å². The van der Waals surface area contributed by atoms with Crippen molar-refractivity contribution in [3.05, 3.63) is 27.7 Å². The van der Waals surface area contributed by atoms with Crippen LogP contribution in [0.2, 0.25) is 5.02 Å². The minimum atomic E-state index is -3.60. The van der Waals surface area contributed by atoms with E-state index in [-0.39, 0.29) is 11.7 Å². The molecule has 0 unspecified atom stereocenters. The molecule has 0 aliphatic rings. The molecule has 0 saturated carbocycles. The van der Waals surface area contributed by atoms with Gasteiger partial charge in [-0.2, -0.15) is 19.5 Å². The van der Waals surface area contributed by atoms with Crippen LogP contribution in [-0.2, 0) is 9.84 Å². The summed E-state index contributed by atoms with van der Waals surface area (Å²) >= 11 is 9.39. The van der Waals surface area contributed by atoms with E-state index in [4.69, 9.17) is 17.3 Å². The minimum Gasteiger partial charge on any atom is -0.368 e. The van der Waals surface area contributed by atoms with Crippen LogP contribution < -0.4 is 5.73 Å². The van der Waals surface area contributed by atoms with Gasteiger partial charge in [-0.25, -0.2) is 8.42 Å².